The molecule has 3 N–H and O–H groups in total. The van der Waals surface area contributed by atoms with E-state index in [0.717, 1.165) is 12.8 Å². The normalized spacial score (nSPS) is 35.2. The van der Waals surface area contributed by atoms with Gasteiger partial charge in [0.25, 0.3) is 5.92 Å². The van der Waals surface area contributed by atoms with Crippen LogP contribution in [-0.2, 0) is 19.2 Å². The molecule has 2 aliphatic heterocycles. The van der Waals surface area contributed by atoms with Gasteiger partial charge in [0, 0.05) is 24.4 Å². The Morgan fingerprint density at radius 1 is 1.20 bits per heavy atom. The van der Waals surface area contributed by atoms with E-state index in [2.05, 4.69) is 22.0 Å². The minimum atomic E-state index is -3.49. The first-order valence-electron chi connectivity index (χ1n) is 14.0. The topological polar surface area (TPSA) is 131 Å². The highest BCUT2D eigenvalue weighted by Crippen LogP contribution is 2.65. The molecule has 12 heteroatoms. The molecule has 3 aliphatic carbocycles. The minimum Gasteiger partial charge on any atom is -0.350 e. The molecular weight excluding hydrogens is 527 g/mol. The fraction of sp³-hybridized carbons (Fsp3) is 0.821. The van der Waals surface area contributed by atoms with Gasteiger partial charge in [-0.1, -0.05) is 34.6 Å². The van der Waals surface area contributed by atoms with Crippen molar-refractivity contribution in [3.63, 3.8) is 0 Å². The van der Waals surface area contributed by atoms with E-state index in [1.165, 1.54) is 4.90 Å². The summed E-state index contributed by atoms with van der Waals surface area (Å²) in [6.07, 6.45) is 1.68. The van der Waals surface area contributed by atoms with Crippen molar-refractivity contribution in [2.45, 2.75) is 96.3 Å². The smallest absolute Gasteiger partial charge is 0.266 e. The predicted octanol–water partition coefficient (Wildman–Crippen LogP) is 2.06. The second-order valence-corrected chi connectivity index (χ2v) is 14.4. The minimum absolute atomic E-state index is 0.00402. The molecule has 4 amide bonds. The summed E-state index contributed by atoms with van der Waals surface area (Å²) in [5.74, 6) is -6.53. The standard InChI is InChI=1S/C28H38F3N5O4/c1-24(2,3)19(34-23(40)27(13-29)12-28(27,30)31)22(39)36-11-16-17(25(16,4)5)18(36)21(38)33-15(10-32)8-14-9-26(6-7-26)35-20(14)37/h14-19H,6-9,11-13H2,1-5H3,(H,33,38)(H,34,40)(H,35,37)/t14-,15+,16+,17+,18+,19-,27?/m1/s1. The van der Waals surface area contributed by atoms with Crippen LogP contribution in [0, 0.1) is 45.3 Å². The number of hydrogen-bond donors (Lipinski definition) is 3. The monoisotopic (exact) mass is 565 g/mol. The molecule has 40 heavy (non-hydrogen) atoms. The van der Waals surface area contributed by atoms with Crippen LogP contribution in [0.1, 0.15) is 66.7 Å². The number of carbonyl (C=O) groups excluding carboxylic acids is 4. The average Bonchev–Trinajstić information content (AvgIpc) is 3.72. The second kappa shape index (κ2) is 8.83. The maximum Gasteiger partial charge on any atom is 0.266 e. The summed E-state index contributed by atoms with van der Waals surface area (Å²) in [4.78, 5) is 54.2. The fourth-order valence-electron chi connectivity index (χ4n) is 7.02. The van der Waals surface area contributed by atoms with Crippen LogP contribution in [0.25, 0.3) is 0 Å². The Bertz CT molecular complexity index is 1190. The van der Waals surface area contributed by atoms with Crippen molar-refractivity contribution in [1.29, 1.82) is 5.26 Å². The van der Waals surface area contributed by atoms with Gasteiger partial charge in [-0.3, -0.25) is 19.2 Å². The number of alkyl halides is 3. The molecule has 5 rings (SSSR count). The van der Waals surface area contributed by atoms with Gasteiger partial charge in [0.15, 0.2) is 0 Å². The third-order valence-corrected chi connectivity index (χ3v) is 10.2. The Hall–Kier alpha value is -2.84. The van der Waals surface area contributed by atoms with Crippen LogP contribution in [0.5, 0.6) is 0 Å². The maximum atomic E-state index is 13.9. The molecule has 1 spiro atoms. The summed E-state index contributed by atoms with van der Waals surface area (Å²) in [5.41, 5.74) is -3.81. The van der Waals surface area contributed by atoms with Crippen molar-refractivity contribution in [3.05, 3.63) is 0 Å². The summed E-state index contributed by atoms with van der Waals surface area (Å²) in [6, 6.07) is -1.07. The Labute approximate surface area is 232 Å². The summed E-state index contributed by atoms with van der Waals surface area (Å²) in [6.45, 7) is 7.64. The van der Waals surface area contributed by atoms with Crippen LogP contribution in [0.2, 0.25) is 0 Å². The average molecular weight is 566 g/mol. The van der Waals surface area contributed by atoms with Gasteiger partial charge in [-0.25, -0.2) is 13.2 Å². The number of fused-ring (bicyclic) bond motifs is 1. The van der Waals surface area contributed by atoms with E-state index < -0.39 is 65.7 Å². The summed E-state index contributed by atoms with van der Waals surface area (Å²) in [7, 11) is 0. The Morgan fingerprint density at radius 2 is 1.82 bits per heavy atom. The molecule has 0 aromatic carbocycles. The fourth-order valence-corrected chi connectivity index (χ4v) is 7.02. The molecule has 5 fully saturated rings. The number of halogens is 3. The van der Waals surface area contributed by atoms with Gasteiger partial charge in [0.05, 0.1) is 6.07 Å². The van der Waals surface area contributed by atoms with Gasteiger partial charge >= 0.3 is 0 Å². The maximum absolute atomic E-state index is 13.9. The van der Waals surface area contributed by atoms with Crippen LogP contribution in [0.4, 0.5) is 13.2 Å². The summed E-state index contributed by atoms with van der Waals surface area (Å²) in [5, 5.41) is 17.9. The van der Waals surface area contributed by atoms with Crippen molar-refractivity contribution in [2.75, 3.05) is 13.2 Å². The molecule has 1 unspecified atom stereocenters. The van der Waals surface area contributed by atoms with E-state index in [9.17, 15) is 37.6 Å². The Balaban J connectivity index is 1.32. The van der Waals surface area contributed by atoms with Gasteiger partial charge in [-0.15, -0.1) is 0 Å². The van der Waals surface area contributed by atoms with E-state index in [1.54, 1.807) is 20.8 Å². The first kappa shape index (κ1) is 28.7. The second-order valence-electron chi connectivity index (χ2n) is 14.4. The molecule has 5 aliphatic rings. The molecule has 9 nitrogen and oxygen atoms in total. The third-order valence-electron chi connectivity index (χ3n) is 10.2. The lowest BCUT2D eigenvalue weighted by atomic mass is 9.84. The number of carbonyl (C=O) groups is 4. The van der Waals surface area contributed by atoms with E-state index in [1.807, 2.05) is 13.8 Å². The van der Waals surface area contributed by atoms with E-state index in [4.69, 9.17) is 0 Å². The van der Waals surface area contributed by atoms with Crippen LogP contribution >= 0.6 is 0 Å². The number of rotatable bonds is 8. The van der Waals surface area contributed by atoms with Crippen LogP contribution in [-0.4, -0.2) is 71.3 Å². The molecule has 7 atom stereocenters. The first-order chi connectivity index (χ1) is 18.4. The van der Waals surface area contributed by atoms with E-state index in [0.29, 0.717) is 6.42 Å². The Kier molecular flexibility index (Phi) is 6.33. The number of nitriles is 1. The van der Waals surface area contributed by atoms with Crippen molar-refractivity contribution in [3.8, 4) is 6.07 Å². The molecule has 0 radical (unpaired) electrons. The molecule has 0 aromatic heterocycles. The lowest BCUT2D eigenvalue weighted by molar-refractivity contribution is -0.147. The SMILES string of the molecule is CC(C)(C)[C@H](NC(=O)C1(CF)CC1(F)F)C(=O)N1C[C@H]2[C@@H]([C@H]1C(=O)N[C@H](C#N)C[C@@H]1CC3(CC3)NC1=O)C2(C)C. The molecule has 0 aromatic rings. The van der Waals surface area contributed by atoms with Crippen LogP contribution in [0.3, 0.4) is 0 Å². The van der Waals surface area contributed by atoms with E-state index >= 15 is 0 Å². The number of nitrogens with zero attached hydrogens (tertiary/aromatic N) is 2. The lowest BCUT2D eigenvalue weighted by Gasteiger charge is -2.38. The van der Waals surface area contributed by atoms with Gasteiger partial charge in [0.2, 0.25) is 23.6 Å². The highest BCUT2D eigenvalue weighted by molar-refractivity contribution is 5.96. The van der Waals surface area contributed by atoms with Crippen molar-refractivity contribution >= 4 is 23.6 Å². The number of nitrogens with one attached hydrogen (secondary N) is 3. The van der Waals surface area contributed by atoms with Crippen LogP contribution in [0.15, 0.2) is 0 Å². The zero-order valence-corrected chi connectivity index (χ0v) is 23.6. The first-order valence-corrected chi connectivity index (χ1v) is 14.0. The zero-order chi connectivity index (χ0) is 29.6. The van der Waals surface area contributed by atoms with E-state index in [-0.39, 0.29) is 47.6 Å². The van der Waals surface area contributed by atoms with Crippen molar-refractivity contribution < 1.29 is 32.3 Å². The summed E-state index contributed by atoms with van der Waals surface area (Å²) < 4.78 is 41.4. The third kappa shape index (κ3) is 4.44. The number of hydrogen-bond acceptors (Lipinski definition) is 5. The predicted molar refractivity (Wildman–Crippen MR) is 136 cm³/mol. The Morgan fingerprint density at radius 3 is 2.30 bits per heavy atom. The molecule has 2 saturated heterocycles. The molecular formula is C28H38F3N5O4. The molecule has 3 saturated carbocycles. The lowest BCUT2D eigenvalue weighted by Crippen LogP contribution is -2.60. The number of amides is 4. The van der Waals surface area contributed by atoms with Gasteiger partial charge in [-0.2, -0.15) is 5.26 Å². The largest absolute Gasteiger partial charge is 0.350 e. The zero-order valence-electron chi connectivity index (χ0n) is 23.6. The van der Waals surface area contributed by atoms with Gasteiger partial charge in [0.1, 0.15) is 30.2 Å². The van der Waals surface area contributed by atoms with Crippen molar-refractivity contribution in [2.24, 2.45) is 34.0 Å². The van der Waals surface area contributed by atoms with Gasteiger partial charge in [-0.05, 0) is 48.3 Å². The highest BCUT2D eigenvalue weighted by atomic mass is 19.3. The molecule has 0 bridgehead atoms. The quantitative estimate of drug-likeness (QED) is 0.415. The summed E-state index contributed by atoms with van der Waals surface area (Å²) >= 11 is 0. The molecule has 220 valence electrons. The van der Waals surface area contributed by atoms with Crippen molar-refractivity contribution in [1.82, 2.24) is 20.9 Å². The number of piperidine rings is 1. The number of likely N-dealkylation sites (tertiary alicyclic amines) is 1. The van der Waals surface area contributed by atoms with Crippen LogP contribution < -0.4 is 16.0 Å². The van der Waals surface area contributed by atoms with Gasteiger partial charge < -0.3 is 20.9 Å². The molecule has 2 heterocycles. The highest BCUT2D eigenvalue weighted by Gasteiger charge is 2.76.